The molecule has 2 rings (SSSR count). The van der Waals surface area contributed by atoms with Gasteiger partial charge in [-0.3, -0.25) is 4.90 Å². The average molecular weight is 331 g/mol. The molecule has 1 atom stereocenters. The summed E-state index contributed by atoms with van der Waals surface area (Å²) >= 11 is 0. The second-order valence-electron chi connectivity index (χ2n) is 6.61. The Kier molecular flexibility index (Phi) is 7.74. The molecule has 1 saturated carbocycles. The lowest BCUT2D eigenvalue weighted by Gasteiger charge is -2.34. The minimum atomic E-state index is -0.618. The number of hydrogen-bond donors (Lipinski definition) is 2. The minimum Gasteiger partial charge on any atom is -0.395 e. The number of terminal acetylenes is 1. The third-order valence-electron chi connectivity index (χ3n) is 4.61. The van der Waals surface area contributed by atoms with Gasteiger partial charge >= 0.3 is 0 Å². The predicted molar refractivity (Wildman–Crippen MR) is 95.4 cm³/mol. The lowest BCUT2D eigenvalue weighted by molar-refractivity contribution is -0.0706. The van der Waals surface area contributed by atoms with Crippen LogP contribution in [0.25, 0.3) is 0 Å². The SMILES string of the molecule is C#CC1(OC[C@@H](O)CN(CCO)Cc2ccccc2)CCCCC1. The van der Waals surface area contributed by atoms with Crippen LogP contribution < -0.4 is 0 Å². The van der Waals surface area contributed by atoms with E-state index in [2.05, 4.69) is 5.92 Å². The maximum absolute atomic E-state index is 10.3. The van der Waals surface area contributed by atoms with Crippen LogP contribution >= 0.6 is 0 Å². The number of aliphatic hydroxyl groups is 2. The van der Waals surface area contributed by atoms with E-state index < -0.39 is 11.7 Å². The van der Waals surface area contributed by atoms with Crippen molar-refractivity contribution >= 4 is 0 Å². The first kappa shape index (κ1) is 19.0. The molecular formula is C20H29NO3. The molecule has 0 radical (unpaired) electrons. The molecule has 24 heavy (non-hydrogen) atoms. The van der Waals surface area contributed by atoms with Gasteiger partial charge in [-0.1, -0.05) is 42.7 Å². The van der Waals surface area contributed by atoms with E-state index in [0.29, 0.717) is 19.6 Å². The second kappa shape index (κ2) is 9.80. The molecule has 0 unspecified atom stereocenters. The highest BCUT2D eigenvalue weighted by Crippen LogP contribution is 2.31. The predicted octanol–water partition coefficient (Wildman–Crippen LogP) is 2.19. The van der Waals surface area contributed by atoms with E-state index >= 15 is 0 Å². The van der Waals surface area contributed by atoms with Crippen LogP contribution in [0.1, 0.15) is 37.7 Å². The fourth-order valence-electron chi connectivity index (χ4n) is 3.28. The smallest absolute Gasteiger partial charge is 0.128 e. The first-order valence-corrected chi connectivity index (χ1v) is 8.84. The molecule has 0 heterocycles. The molecule has 0 aliphatic heterocycles. The quantitative estimate of drug-likeness (QED) is 0.681. The van der Waals surface area contributed by atoms with Gasteiger partial charge in [-0.25, -0.2) is 0 Å². The Morgan fingerprint density at radius 3 is 2.54 bits per heavy atom. The molecule has 2 N–H and O–H groups in total. The Balaban J connectivity index is 1.83. The Morgan fingerprint density at radius 1 is 1.21 bits per heavy atom. The fraction of sp³-hybridized carbons (Fsp3) is 0.600. The normalized spacial score (nSPS) is 18.2. The Morgan fingerprint density at radius 2 is 1.92 bits per heavy atom. The van der Waals surface area contributed by atoms with Crippen LogP contribution in [0.2, 0.25) is 0 Å². The van der Waals surface area contributed by atoms with E-state index in [4.69, 9.17) is 11.2 Å². The number of hydrogen-bond acceptors (Lipinski definition) is 4. The van der Waals surface area contributed by atoms with Crippen molar-refractivity contribution in [3.05, 3.63) is 35.9 Å². The zero-order valence-corrected chi connectivity index (χ0v) is 14.4. The highest BCUT2D eigenvalue weighted by Gasteiger charge is 2.31. The molecule has 1 aromatic rings. The summed E-state index contributed by atoms with van der Waals surface area (Å²) in [5.74, 6) is 2.80. The molecule has 0 bridgehead atoms. The molecule has 1 aliphatic rings. The van der Waals surface area contributed by atoms with Crippen molar-refractivity contribution in [2.45, 2.75) is 50.4 Å². The highest BCUT2D eigenvalue weighted by atomic mass is 16.5. The van der Waals surface area contributed by atoms with E-state index in [1.165, 1.54) is 6.42 Å². The van der Waals surface area contributed by atoms with Crippen LogP contribution in [0.4, 0.5) is 0 Å². The maximum Gasteiger partial charge on any atom is 0.128 e. The van der Waals surface area contributed by atoms with Crippen molar-refractivity contribution < 1.29 is 14.9 Å². The summed E-state index contributed by atoms with van der Waals surface area (Å²) in [5.41, 5.74) is 0.659. The van der Waals surface area contributed by atoms with Gasteiger partial charge in [-0.05, 0) is 31.2 Å². The summed E-state index contributed by atoms with van der Waals surface area (Å²) in [4.78, 5) is 2.03. The molecule has 132 valence electrons. The number of aliphatic hydroxyl groups excluding tert-OH is 2. The summed E-state index contributed by atoms with van der Waals surface area (Å²) in [7, 11) is 0. The monoisotopic (exact) mass is 331 g/mol. The van der Waals surface area contributed by atoms with E-state index in [0.717, 1.165) is 31.2 Å². The van der Waals surface area contributed by atoms with Crippen molar-refractivity contribution in [1.82, 2.24) is 4.90 Å². The summed E-state index contributed by atoms with van der Waals surface area (Å²) in [6.45, 7) is 1.97. The fourth-order valence-corrected chi connectivity index (χ4v) is 3.28. The van der Waals surface area contributed by atoms with Gasteiger partial charge in [0, 0.05) is 19.6 Å². The van der Waals surface area contributed by atoms with Crippen LogP contribution in [-0.4, -0.2) is 53.1 Å². The lowest BCUT2D eigenvalue weighted by Crippen LogP contribution is -2.40. The maximum atomic E-state index is 10.3. The number of ether oxygens (including phenoxy) is 1. The van der Waals surface area contributed by atoms with Crippen molar-refractivity contribution in [2.24, 2.45) is 0 Å². The number of rotatable bonds is 9. The minimum absolute atomic E-state index is 0.0642. The van der Waals surface area contributed by atoms with Gasteiger partial charge in [0.25, 0.3) is 0 Å². The first-order valence-electron chi connectivity index (χ1n) is 8.84. The lowest BCUT2D eigenvalue weighted by atomic mass is 9.85. The third-order valence-corrected chi connectivity index (χ3v) is 4.61. The van der Waals surface area contributed by atoms with Crippen molar-refractivity contribution in [2.75, 3.05) is 26.3 Å². The van der Waals surface area contributed by atoms with Gasteiger partial charge in [-0.15, -0.1) is 6.42 Å². The summed E-state index contributed by atoms with van der Waals surface area (Å²) in [6.07, 6.45) is 10.2. The van der Waals surface area contributed by atoms with Gasteiger partial charge in [0.2, 0.25) is 0 Å². The molecule has 4 nitrogen and oxygen atoms in total. The largest absolute Gasteiger partial charge is 0.395 e. The first-order chi connectivity index (χ1) is 11.7. The van der Waals surface area contributed by atoms with Gasteiger partial charge in [0.15, 0.2) is 0 Å². The molecule has 0 aromatic heterocycles. The van der Waals surface area contributed by atoms with Gasteiger partial charge < -0.3 is 14.9 Å². The Bertz CT molecular complexity index is 505. The molecule has 4 heteroatoms. The topological polar surface area (TPSA) is 52.9 Å². The molecule has 0 amide bonds. The van der Waals surface area contributed by atoms with Gasteiger partial charge in [-0.2, -0.15) is 0 Å². The van der Waals surface area contributed by atoms with Gasteiger partial charge in [0.05, 0.1) is 19.3 Å². The summed E-state index contributed by atoms with van der Waals surface area (Å²) in [5, 5.41) is 19.6. The second-order valence-corrected chi connectivity index (χ2v) is 6.61. The number of benzene rings is 1. The highest BCUT2D eigenvalue weighted by molar-refractivity contribution is 5.14. The van der Waals surface area contributed by atoms with E-state index in [1.807, 2.05) is 35.2 Å². The van der Waals surface area contributed by atoms with Crippen molar-refractivity contribution in [3.8, 4) is 12.3 Å². The van der Waals surface area contributed by atoms with E-state index in [9.17, 15) is 10.2 Å². The number of nitrogens with zero attached hydrogens (tertiary/aromatic N) is 1. The zero-order valence-electron chi connectivity index (χ0n) is 14.4. The molecule has 1 aliphatic carbocycles. The van der Waals surface area contributed by atoms with Crippen molar-refractivity contribution in [1.29, 1.82) is 0 Å². The molecule has 0 saturated heterocycles. The standard InChI is InChI=1S/C20H29NO3/c1-2-20(11-7-4-8-12-20)24-17-19(23)16-21(13-14-22)15-18-9-5-3-6-10-18/h1,3,5-6,9-10,19,22-23H,4,7-8,11-17H2/t19-/m0/s1. The Hall–Kier alpha value is -1.38. The van der Waals surface area contributed by atoms with E-state index in [-0.39, 0.29) is 13.2 Å². The average Bonchev–Trinajstić information content (AvgIpc) is 2.62. The van der Waals surface area contributed by atoms with Crippen molar-refractivity contribution in [3.63, 3.8) is 0 Å². The van der Waals surface area contributed by atoms with Crippen LogP contribution in [0, 0.1) is 12.3 Å². The van der Waals surface area contributed by atoms with Crippen LogP contribution in [0.3, 0.4) is 0 Å². The third kappa shape index (κ3) is 5.92. The molecule has 1 aromatic carbocycles. The summed E-state index contributed by atoms with van der Waals surface area (Å²) in [6, 6.07) is 10.1. The van der Waals surface area contributed by atoms with Crippen LogP contribution in [-0.2, 0) is 11.3 Å². The van der Waals surface area contributed by atoms with Crippen LogP contribution in [0.5, 0.6) is 0 Å². The van der Waals surface area contributed by atoms with Crippen LogP contribution in [0.15, 0.2) is 30.3 Å². The van der Waals surface area contributed by atoms with E-state index in [1.54, 1.807) is 0 Å². The Labute approximate surface area is 145 Å². The molecule has 1 fully saturated rings. The van der Waals surface area contributed by atoms with Gasteiger partial charge in [0.1, 0.15) is 5.60 Å². The molecule has 0 spiro atoms. The summed E-state index contributed by atoms with van der Waals surface area (Å²) < 4.78 is 5.94. The molecular weight excluding hydrogens is 302 g/mol. The zero-order chi connectivity index (χ0) is 17.3.